The van der Waals surface area contributed by atoms with Gasteiger partial charge in [-0.3, -0.25) is 14.4 Å². The van der Waals surface area contributed by atoms with Crippen molar-refractivity contribution in [3.05, 3.63) is 40.2 Å². The molecule has 1 atom stereocenters. The first-order valence-electron chi connectivity index (χ1n) is 8.98. The van der Waals surface area contributed by atoms with Crippen LogP contribution in [0.3, 0.4) is 0 Å². The number of H-pyrrole nitrogens is 1. The van der Waals surface area contributed by atoms with Gasteiger partial charge in [0.1, 0.15) is 11.6 Å². The molecule has 1 aromatic heterocycles. The number of carbonyl (C=O) groups is 2. The first-order valence-corrected chi connectivity index (χ1v) is 10.1. The van der Waals surface area contributed by atoms with Crippen LogP contribution in [0.1, 0.15) is 31.1 Å². The summed E-state index contributed by atoms with van der Waals surface area (Å²) in [5.41, 5.74) is -1.67. The summed E-state index contributed by atoms with van der Waals surface area (Å²) in [5.74, 6) is -0.980. The van der Waals surface area contributed by atoms with E-state index < -0.39 is 35.0 Å². The number of pyridine rings is 1. The summed E-state index contributed by atoms with van der Waals surface area (Å²) in [4.78, 5) is 42.2. The van der Waals surface area contributed by atoms with Gasteiger partial charge in [-0.1, -0.05) is 6.07 Å². The average molecular weight is 443 g/mol. The van der Waals surface area contributed by atoms with E-state index >= 15 is 0 Å². The highest BCUT2D eigenvalue weighted by atomic mass is 32.2. The van der Waals surface area contributed by atoms with Gasteiger partial charge in [0.2, 0.25) is 11.3 Å². The number of para-hydroxylation sites is 1. The molecule has 0 aliphatic carbocycles. The molecular weight excluding hydrogens is 423 g/mol. The van der Waals surface area contributed by atoms with Crippen LogP contribution in [0.25, 0.3) is 10.9 Å². The standard InChI is InChI=1S/C19H20F3N3O4S/c1-18(2,3)24-16(27)12-8-30-9-25(12)17(28)11-7-23-14-10(15(11)26)5-4-6-13(14)29-19(20,21)22/h4-7,12H,8-9H2,1-3H3,(H,23,26)(H,24,27). The molecule has 30 heavy (non-hydrogen) atoms. The molecule has 2 aromatic rings. The Morgan fingerprint density at radius 1 is 1.27 bits per heavy atom. The number of rotatable bonds is 3. The summed E-state index contributed by atoms with van der Waals surface area (Å²) in [7, 11) is 0. The Kier molecular flexibility index (Phi) is 5.76. The van der Waals surface area contributed by atoms with Gasteiger partial charge in [0.15, 0.2) is 5.75 Å². The lowest BCUT2D eigenvalue weighted by Gasteiger charge is -2.27. The number of halogens is 3. The highest BCUT2D eigenvalue weighted by Gasteiger charge is 2.37. The predicted molar refractivity (Wildman–Crippen MR) is 106 cm³/mol. The highest BCUT2D eigenvalue weighted by Crippen LogP contribution is 2.29. The number of alkyl halides is 3. The van der Waals surface area contributed by atoms with Crippen LogP contribution in [-0.4, -0.2) is 51.3 Å². The number of aromatic nitrogens is 1. The van der Waals surface area contributed by atoms with E-state index in [0.717, 1.165) is 12.3 Å². The van der Waals surface area contributed by atoms with Crippen LogP contribution in [0.4, 0.5) is 13.2 Å². The number of fused-ring (bicyclic) bond motifs is 1. The number of hydrogen-bond acceptors (Lipinski definition) is 5. The molecule has 1 saturated heterocycles. The van der Waals surface area contributed by atoms with Crippen molar-refractivity contribution in [2.75, 3.05) is 11.6 Å². The summed E-state index contributed by atoms with van der Waals surface area (Å²) in [6.45, 7) is 5.44. The summed E-state index contributed by atoms with van der Waals surface area (Å²) < 4.78 is 41.8. The maximum atomic E-state index is 13.0. The van der Waals surface area contributed by atoms with Crippen molar-refractivity contribution >= 4 is 34.5 Å². The first-order chi connectivity index (χ1) is 13.9. The number of carbonyl (C=O) groups excluding carboxylic acids is 2. The second kappa shape index (κ2) is 7.86. The van der Waals surface area contributed by atoms with Gasteiger partial charge in [-0.25, -0.2) is 0 Å². The van der Waals surface area contributed by atoms with Crippen LogP contribution >= 0.6 is 11.8 Å². The quantitative estimate of drug-likeness (QED) is 0.761. The molecule has 1 unspecified atom stereocenters. The van der Waals surface area contributed by atoms with Gasteiger partial charge in [-0.2, -0.15) is 0 Å². The van der Waals surface area contributed by atoms with Crippen LogP contribution < -0.4 is 15.5 Å². The third-order valence-electron chi connectivity index (χ3n) is 4.28. The summed E-state index contributed by atoms with van der Waals surface area (Å²) in [5, 5.41) is 2.70. The van der Waals surface area contributed by atoms with Crippen molar-refractivity contribution in [1.82, 2.24) is 15.2 Å². The summed E-state index contributed by atoms with van der Waals surface area (Å²) in [6, 6.07) is 2.85. The third-order valence-corrected chi connectivity index (χ3v) is 5.29. The average Bonchev–Trinajstić information content (AvgIpc) is 3.09. The molecule has 1 aliphatic rings. The fourth-order valence-electron chi connectivity index (χ4n) is 3.06. The van der Waals surface area contributed by atoms with Gasteiger partial charge in [-0.15, -0.1) is 24.9 Å². The second-order valence-electron chi connectivity index (χ2n) is 7.79. The molecule has 11 heteroatoms. The van der Waals surface area contributed by atoms with Gasteiger partial charge >= 0.3 is 6.36 Å². The van der Waals surface area contributed by atoms with Crippen molar-refractivity contribution in [2.24, 2.45) is 0 Å². The summed E-state index contributed by atoms with van der Waals surface area (Å²) >= 11 is 1.37. The Bertz CT molecular complexity index is 1050. The van der Waals surface area contributed by atoms with Gasteiger partial charge in [0.25, 0.3) is 5.91 Å². The molecule has 2 amide bonds. The molecule has 2 heterocycles. The van der Waals surface area contributed by atoms with E-state index in [4.69, 9.17) is 0 Å². The topological polar surface area (TPSA) is 91.5 Å². The molecule has 1 aromatic carbocycles. The monoisotopic (exact) mass is 443 g/mol. The highest BCUT2D eigenvalue weighted by molar-refractivity contribution is 7.99. The van der Waals surface area contributed by atoms with Crippen molar-refractivity contribution in [3.8, 4) is 5.75 Å². The number of benzene rings is 1. The molecule has 1 aliphatic heterocycles. The number of aromatic amines is 1. The molecule has 3 rings (SSSR count). The van der Waals surface area contributed by atoms with E-state index in [1.54, 1.807) is 0 Å². The Morgan fingerprint density at radius 2 is 1.97 bits per heavy atom. The van der Waals surface area contributed by atoms with Crippen molar-refractivity contribution in [1.29, 1.82) is 0 Å². The molecule has 0 spiro atoms. The molecular formula is C19H20F3N3O4S. The minimum Gasteiger partial charge on any atom is -0.404 e. The van der Waals surface area contributed by atoms with Gasteiger partial charge in [-0.05, 0) is 32.9 Å². The molecule has 1 fully saturated rings. The molecule has 7 nitrogen and oxygen atoms in total. The largest absolute Gasteiger partial charge is 0.573 e. The molecule has 2 N–H and O–H groups in total. The van der Waals surface area contributed by atoms with Gasteiger partial charge in [0.05, 0.1) is 16.8 Å². The fourth-order valence-corrected chi connectivity index (χ4v) is 4.21. The van der Waals surface area contributed by atoms with E-state index in [1.165, 1.54) is 28.8 Å². The number of hydrogen-bond donors (Lipinski definition) is 2. The molecule has 0 radical (unpaired) electrons. The maximum Gasteiger partial charge on any atom is 0.573 e. The van der Waals surface area contributed by atoms with Crippen LogP contribution in [0, 0.1) is 0 Å². The zero-order chi connectivity index (χ0) is 22.3. The Morgan fingerprint density at radius 3 is 2.60 bits per heavy atom. The maximum absolute atomic E-state index is 13.0. The lowest BCUT2D eigenvalue weighted by molar-refractivity contribution is -0.274. The minimum atomic E-state index is -4.93. The number of amides is 2. The molecule has 162 valence electrons. The second-order valence-corrected chi connectivity index (χ2v) is 8.79. The lowest BCUT2D eigenvalue weighted by Crippen LogP contribution is -2.52. The number of nitrogens with zero attached hydrogens (tertiary/aromatic N) is 1. The number of nitrogens with one attached hydrogen (secondary N) is 2. The Hall–Kier alpha value is -2.69. The van der Waals surface area contributed by atoms with E-state index in [0.29, 0.717) is 5.75 Å². The fraction of sp³-hybridized carbons (Fsp3) is 0.421. The normalized spacial score (nSPS) is 17.3. The third kappa shape index (κ3) is 4.72. The lowest BCUT2D eigenvalue weighted by atomic mass is 10.1. The van der Waals surface area contributed by atoms with E-state index in [1.807, 2.05) is 20.8 Å². The van der Waals surface area contributed by atoms with Crippen LogP contribution in [-0.2, 0) is 4.79 Å². The molecule has 0 saturated carbocycles. The van der Waals surface area contributed by atoms with Crippen LogP contribution in [0.2, 0.25) is 0 Å². The van der Waals surface area contributed by atoms with Gasteiger partial charge < -0.3 is 19.9 Å². The first kappa shape index (κ1) is 22.0. The number of ether oxygens (including phenoxy) is 1. The zero-order valence-electron chi connectivity index (χ0n) is 16.4. The van der Waals surface area contributed by atoms with Crippen LogP contribution in [0.5, 0.6) is 5.75 Å². The van der Waals surface area contributed by atoms with E-state index in [-0.39, 0.29) is 28.3 Å². The molecule has 0 bridgehead atoms. The summed E-state index contributed by atoms with van der Waals surface area (Å²) in [6.07, 6.45) is -3.88. The van der Waals surface area contributed by atoms with E-state index in [9.17, 15) is 27.6 Å². The van der Waals surface area contributed by atoms with Crippen molar-refractivity contribution < 1.29 is 27.5 Å². The van der Waals surface area contributed by atoms with E-state index in [2.05, 4.69) is 15.0 Å². The Balaban J connectivity index is 1.95. The van der Waals surface area contributed by atoms with Crippen molar-refractivity contribution in [3.63, 3.8) is 0 Å². The zero-order valence-corrected chi connectivity index (χ0v) is 17.2. The Labute approximate surface area is 174 Å². The van der Waals surface area contributed by atoms with Crippen LogP contribution in [0.15, 0.2) is 29.2 Å². The smallest absolute Gasteiger partial charge is 0.404 e. The minimum absolute atomic E-state index is 0.120. The van der Waals surface area contributed by atoms with Crippen molar-refractivity contribution in [2.45, 2.75) is 38.7 Å². The van der Waals surface area contributed by atoms with Gasteiger partial charge in [0, 0.05) is 17.5 Å². The predicted octanol–water partition coefficient (Wildman–Crippen LogP) is 2.86. The number of thioether (sulfide) groups is 1. The SMILES string of the molecule is CC(C)(C)NC(=O)C1CSCN1C(=O)c1c[nH]c2c(OC(F)(F)F)cccc2c1=O.